The molecule has 3 aliphatic carbocycles. The molecule has 2 atom stereocenters. The van der Waals surface area contributed by atoms with Crippen LogP contribution in [-0.4, -0.2) is 6.36 Å². The first-order chi connectivity index (χ1) is 12.4. The Morgan fingerprint density at radius 1 is 0.885 bits per heavy atom. The zero-order chi connectivity index (χ0) is 18.6. The lowest BCUT2D eigenvalue weighted by atomic mass is 9.74. The van der Waals surface area contributed by atoms with Gasteiger partial charge in [-0.25, -0.2) is 0 Å². The molecule has 3 rings (SSSR count). The van der Waals surface area contributed by atoms with Crippen molar-refractivity contribution in [1.29, 1.82) is 0 Å². The van der Waals surface area contributed by atoms with E-state index in [1.807, 2.05) is 12.2 Å². The molecule has 3 aliphatic rings. The van der Waals surface area contributed by atoms with Gasteiger partial charge in [0.1, 0.15) is 5.76 Å². The molecule has 0 aromatic carbocycles. The van der Waals surface area contributed by atoms with Gasteiger partial charge in [-0.3, -0.25) is 0 Å². The summed E-state index contributed by atoms with van der Waals surface area (Å²) in [6.07, 6.45) is 14.5. The van der Waals surface area contributed by atoms with Crippen LogP contribution in [0.2, 0.25) is 0 Å². The normalized spacial score (nSPS) is 33.7. The fourth-order valence-electron chi connectivity index (χ4n) is 5.01. The molecular weight excluding hydrogens is 337 g/mol. The molecule has 2 unspecified atom stereocenters. The molecule has 0 aromatic rings. The van der Waals surface area contributed by atoms with Gasteiger partial charge in [-0.2, -0.15) is 0 Å². The molecule has 0 bridgehead atoms. The van der Waals surface area contributed by atoms with E-state index in [0.717, 1.165) is 30.6 Å². The highest BCUT2D eigenvalue weighted by Crippen LogP contribution is 2.41. The molecule has 26 heavy (non-hydrogen) atoms. The van der Waals surface area contributed by atoms with E-state index in [-0.39, 0.29) is 12.2 Å². The van der Waals surface area contributed by atoms with Crippen molar-refractivity contribution in [3.05, 3.63) is 35.6 Å². The summed E-state index contributed by atoms with van der Waals surface area (Å²) in [7, 11) is 0. The Kier molecular flexibility index (Phi) is 6.52. The fraction of sp³-hybridized carbons (Fsp3) is 0.727. The number of halogens is 3. The van der Waals surface area contributed by atoms with Crippen LogP contribution in [0.1, 0.15) is 71.1 Å². The Balaban J connectivity index is 1.58. The molecule has 0 saturated heterocycles. The molecule has 0 amide bonds. The second kappa shape index (κ2) is 8.67. The number of alkyl halides is 3. The van der Waals surface area contributed by atoms with Crippen LogP contribution in [0.5, 0.6) is 0 Å². The third-order valence-corrected chi connectivity index (χ3v) is 6.55. The average molecular weight is 368 g/mol. The predicted octanol–water partition coefficient (Wildman–Crippen LogP) is 7.32. The Bertz CT molecular complexity index is 550. The monoisotopic (exact) mass is 368 g/mol. The standard InChI is InChI=1S/C22H31F3O/c1-16-8-10-20(11-9-16)18-5-2-4-17(12-13-18)19-6-3-7-21(15-14-19)26-22(23,24)25/h3,6,14-18,20H,2,4-5,7-13H2,1H3. The van der Waals surface area contributed by atoms with Gasteiger partial charge < -0.3 is 4.74 Å². The third-order valence-electron chi connectivity index (χ3n) is 6.55. The van der Waals surface area contributed by atoms with Gasteiger partial charge in [0, 0.05) is 6.42 Å². The summed E-state index contributed by atoms with van der Waals surface area (Å²) in [5.41, 5.74) is 1.17. The Morgan fingerprint density at radius 2 is 1.58 bits per heavy atom. The lowest BCUT2D eigenvalue weighted by Crippen LogP contribution is -2.20. The first kappa shape index (κ1) is 19.6. The van der Waals surface area contributed by atoms with Crippen LogP contribution in [0, 0.1) is 23.7 Å². The van der Waals surface area contributed by atoms with Crippen molar-refractivity contribution in [3.8, 4) is 0 Å². The topological polar surface area (TPSA) is 9.23 Å². The highest BCUT2D eigenvalue weighted by molar-refractivity contribution is 5.31. The van der Waals surface area contributed by atoms with Crippen LogP contribution in [0.25, 0.3) is 0 Å². The predicted molar refractivity (Wildman–Crippen MR) is 98.3 cm³/mol. The maximum Gasteiger partial charge on any atom is 0.572 e. The molecule has 1 nitrogen and oxygen atoms in total. The van der Waals surface area contributed by atoms with Crippen LogP contribution < -0.4 is 0 Å². The summed E-state index contributed by atoms with van der Waals surface area (Å²) in [5, 5.41) is 0. The van der Waals surface area contributed by atoms with Crippen LogP contribution in [-0.2, 0) is 4.74 Å². The molecule has 0 radical (unpaired) electrons. The highest BCUT2D eigenvalue weighted by atomic mass is 19.4. The Hall–Kier alpha value is -1.19. The minimum absolute atomic E-state index is 0.0217. The van der Waals surface area contributed by atoms with Crippen molar-refractivity contribution in [2.24, 2.45) is 23.7 Å². The zero-order valence-corrected chi connectivity index (χ0v) is 15.7. The van der Waals surface area contributed by atoms with E-state index in [4.69, 9.17) is 0 Å². The number of ether oxygens (including phenoxy) is 1. The summed E-state index contributed by atoms with van der Waals surface area (Å²) in [4.78, 5) is 0. The molecule has 0 aliphatic heterocycles. The molecule has 0 aromatic heterocycles. The molecule has 0 spiro atoms. The van der Waals surface area contributed by atoms with Gasteiger partial charge in [0.2, 0.25) is 0 Å². The summed E-state index contributed by atoms with van der Waals surface area (Å²) in [6, 6.07) is 0. The van der Waals surface area contributed by atoms with Crippen molar-refractivity contribution in [2.45, 2.75) is 77.5 Å². The molecule has 4 heteroatoms. The van der Waals surface area contributed by atoms with E-state index in [1.54, 1.807) is 6.08 Å². The van der Waals surface area contributed by atoms with Crippen LogP contribution in [0.15, 0.2) is 35.6 Å². The molecule has 2 saturated carbocycles. The van der Waals surface area contributed by atoms with Gasteiger partial charge in [-0.1, -0.05) is 50.8 Å². The second-order valence-corrected chi connectivity index (χ2v) is 8.44. The summed E-state index contributed by atoms with van der Waals surface area (Å²) in [6.45, 7) is 2.37. The van der Waals surface area contributed by atoms with Crippen molar-refractivity contribution in [1.82, 2.24) is 0 Å². The van der Waals surface area contributed by atoms with Gasteiger partial charge in [-0.05, 0) is 67.4 Å². The van der Waals surface area contributed by atoms with Crippen LogP contribution in [0.4, 0.5) is 13.2 Å². The largest absolute Gasteiger partial charge is 0.572 e. The zero-order valence-electron chi connectivity index (χ0n) is 15.7. The lowest BCUT2D eigenvalue weighted by Gasteiger charge is -2.32. The SMILES string of the molecule is CC1CCC(C2CCCC(C3=CC=C(OC(F)(F)F)CC=C3)CC2)CC1. The summed E-state index contributed by atoms with van der Waals surface area (Å²) >= 11 is 0. The molecular formula is C22H31F3O. The Labute approximate surface area is 155 Å². The number of allylic oxidation sites excluding steroid dienone is 5. The second-order valence-electron chi connectivity index (χ2n) is 8.44. The van der Waals surface area contributed by atoms with Gasteiger partial charge in [0.05, 0.1) is 0 Å². The van der Waals surface area contributed by atoms with Gasteiger partial charge in [-0.15, -0.1) is 13.2 Å². The van der Waals surface area contributed by atoms with E-state index in [1.165, 1.54) is 56.6 Å². The molecule has 0 N–H and O–H groups in total. The van der Waals surface area contributed by atoms with Crippen molar-refractivity contribution in [3.63, 3.8) is 0 Å². The van der Waals surface area contributed by atoms with Gasteiger partial charge in [0.25, 0.3) is 0 Å². The van der Waals surface area contributed by atoms with E-state index < -0.39 is 6.36 Å². The number of rotatable bonds is 3. The third kappa shape index (κ3) is 5.65. The highest BCUT2D eigenvalue weighted by Gasteiger charge is 2.32. The van der Waals surface area contributed by atoms with Crippen LogP contribution in [0.3, 0.4) is 0 Å². The van der Waals surface area contributed by atoms with E-state index in [9.17, 15) is 13.2 Å². The smallest absolute Gasteiger partial charge is 0.410 e. The molecule has 146 valence electrons. The average Bonchev–Trinajstić information content (AvgIpc) is 2.95. The first-order valence-electron chi connectivity index (χ1n) is 10.2. The van der Waals surface area contributed by atoms with Gasteiger partial charge in [0.15, 0.2) is 0 Å². The van der Waals surface area contributed by atoms with E-state index in [0.29, 0.717) is 5.92 Å². The summed E-state index contributed by atoms with van der Waals surface area (Å²) in [5.74, 6) is 3.09. The maximum atomic E-state index is 12.4. The first-order valence-corrected chi connectivity index (χ1v) is 10.2. The van der Waals surface area contributed by atoms with E-state index >= 15 is 0 Å². The van der Waals surface area contributed by atoms with Crippen molar-refractivity contribution < 1.29 is 17.9 Å². The number of hydrogen-bond acceptors (Lipinski definition) is 1. The maximum absolute atomic E-state index is 12.4. The molecule has 0 heterocycles. The minimum atomic E-state index is -4.61. The minimum Gasteiger partial charge on any atom is -0.410 e. The number of hydrogen-bond donors (Lipinski definition) is 0. The van der Waals surface area contributed by atoms with Crippen LogP contribution >= 0.6 is 0 Å². The summed E-state index contributed by atoms with van der Waals surface area (Å²) < 4.78 is 41.3. The quantitative estimate of drug-likeness (QED) is 0.474. The molecule has 2 fully saturated rings. The van der Waals surface area contributed by atoms with Gasteiger partial charge >= 0.3 is 6.36 Å². The van der Waals surface area contributed by atoms with Crippen molar-refractivity contribution >= 4 is 0 Å². The van der Waals surface area contributed by atoms with E-state index in [2.05, 4.69) is 11.7 Å². The van der Waals surface area contributed by atoms with Crippen molar-refractivity contribution in [2.75, 3.05) is 0 Å². The lowest BCUT2D eigenvalue weighted by molar-refractivity contribution is -0.305. The Morgan fingerprint density at radius 3 is 2.31 bits per heavy atom. The fourth-order valence-corrected chi connectivity index (χ4v) is 5.01.